The van der Waals surface area contributed by atoms with E-state index in [4.69, 9.17) is 9.84 Å². The van der Waals surface area contributed by atoms with Crippen molar-refractivity contribution in [1.82, 2.24) is 5.32 Å². The normalized spacial score (nSPS) is 14.5. The molecule has 0 aliphatic carbocycles. The van der Waals surface area contributed by atoms with E-state index in [0.29, 0.717) is 6.54 Å². The molecule has 0 bridgehead atoms. The molecule has 0 aliphatic rings. The van der Waals surface area contributed by atoms with Gasteiger partial charge in [-0.3, -0.25) is 0 Å². The van der Waals surface area contributed by atoms with Gasteiger partial charge in [-0.2, -0.15) is 0 Å². The van der Waals surface area contributed by atoms with E-state index in [-0.39, 0.29) is 12.6 Å². The maximum atomic E-state index is 10.0. The van der Waals surface area contributed by atoms with Gasteiger partial charge in [0.25, 0.3) is 0 Å². The standard InChI is InChI=1S/C12H19NO3/c1-9(13-6-7-14)12(15)10-4-3-5-11(8-10)16-2/h3-5,8-9,12-15H,6-7H2,1-2H3. The zero-order valence-corrected chi connectivity index (χ0v) is 9.68. The molecular weight excluding hydrogens is 206 g/mol. The van der Waals surface area contributed by atoms with Gasteiger partial charge in [-0.1, -0.05) is 12.1 Å². The Bertz CT molecular complexity index is 317. The lowest BCUT2D eigenvalue weighted by Crippen LogP contribution is -2.34. The second-order valence-electron chi connectivity index (χ2n) is 3.69. The maximum Gasteiger partial charge on any atom is 0.119 e. The molecule has 1 aromatic rings. The monoisotopic (exact) mass is 225 g/mol. The van der Waals surface area contributed by atoms with E-state index in [1.165, 1.54) is 0 Å². The molecule has 2 unspecified atom stereocenters. The van der Waals surface area contributed by atoms with E-state index in [9.17, 15) is 5.11 Å². The minimum absolute atomic E-state index is 0.0647. The van der Waals surface area contributed by atoms with E-state index in [2.05, 4.69) is 5.32 Å². The smallest absolute Gasteiger partial charge is 0.119 e. The molecule has 0 saturated carbocycles. The molecule has 16 heavy (non-hydrogen) atoms. The molecule has 90 valence electrons. The summed E-state index contributed by atoms with van der Waals surface area (Å²) < 4.78 is 5.09. The highest BCUT2D eigenvalue weighted by atomic mass is 16.5. The number of ether oxygens (including phenoxy) is 1. The van der Waals surface area contributed by atoms with Crippen molar-refractivity contribution in [3.63, 3.8) is 0 Å². The third-order valence-electron chi connectivity index (χ3n) is 2.49. The lowest BCUT2D eigenvalue weighted by atomic mass is 10.0. The van der Waals surface area contributed by atoms with Crippen LogP contribution >= 0.6 is 0 Å². The van der Waals surface area contributed by atoms with E-state index < -0.39 is 6.10 Å². The Balaban J connectivity index is 2.67. The molecule has 0 saturated heterocycles. The van der Waals surface area contributed by atoms with Gasteiger partial charge in [-0.15, -0.1) is 0 Å². The minimum Gasteiger partial charge on any atom is -0.497 e. The molecule has 0 heterocycles. The number of methoxy groups -OCH3 is 1. The van der Waals surface area contributed by atoms with E-state index in [1.807, 2.05) is 31.2 Å². The summed E-state index contributed by atoms with van der Waals surface area (Å²) in [5.74, 6) is 0.728. The fraction of sp³-hybridized carbons (Fsp3) is 0.500. The first-order chi connectivity index (χ1) is 7.69. The van der Waals surface area contributed by atoms with Gasteiger partial charge in [-0.05, 0) is 24.6 Å². The number of nitrogens with one attached hydrogen (secondary N) is 1. The van der Waals surface area contributed by atoms with Crippen LogP contribution in [0.3, 0.4) is 0 Å². The van der Waals surface area contributed by atoms with Crippen molar-refractivity contribution in [2.75, 3.05) is 20.3 Å². The highest BCUT2D eigenvalue weighted by Crippen LogP contribution is 2.21. The molecule has 3 N–H and O–H groups in total. The third kappa shape index (κ3) is 3.48. The second kappa shape index (κ2) is 6.48. The van der Waals surface area contributed by atoms with Gasteiger partial charge in [-0.25, -0.2) is 0 Å². The molecule has 4 heteroatoms. The predicted molar refractivity (Wildman–Crippen MR) is 62.5 cm³/mol. The minimum atomic E-state index is -0.610. The highest BCUT2D eigenvalue weighted by Gasteiger charge is 2.15. The number of aliphatic hydroxyl groups excluding tert-OH is 2. The second-order valence-corrected chi connectivity index (χ2v) is 3.69. The molecule has 0 aromatic heterocycles. The molecule has 0 fully saturated rings. The number of benzene rings is 1. The molecule has 0 amide bonds. The maximum absolute atomic E-state index is 10.0. The van der Waals surface area contributed by atoms with Crippen molar-refractivity contribution in [1.29, 1.82) is 0 Å². The van der Waals surface area contributed by atoms with E-state index in [1.54, 1.807) is 7.11 Å². The van der Waals surface area contributed by atoms with Crippen molar-refractivity contribution in [3.05, 3.63) is 29.8 Å². The summed E-state index contributed by atoms with van der Waals surface area (Å²) in [4.78, 5) is 0. The Labute approximate surface area is 95.9 Å². The molecule has 0 aliphatic heterocycles. The third-order valence-corrected chi connectivity index (χ3v) is 2.49. The average molecular weight is 225 g/mol. The molecule has 4 nitrogen and oxygen atoms in total. The van der Waals surface area contributed by atoms with Crippen LogP contribution in [0.15, 0.2) is 24.3 Å². The lowest BCUT2D eigenvalue weighted by Gasteiger charge is -2.20. The summed E-state index contributed by atoms with van der Waals surface area (Å²) in [6.45, 7) is 2.41. The van der Waals surface area contributed by atoms with Crippen LogP contribution < -0.4 is 10.1 Å². The summed E-state index contributed by atoms with van der Waals surface area (Å²) in [5.41, 5.74) is 0.803. The van der Waals surface area contributed by atoms with Crippen molar-refractivity contribution in [2.45, 2.75) is 19.1 Å². The molecular formula is C12H19NO3. The highest BCUT2D eigenvalue weighted by molar-refractivity contribution is 5.30. The number of rotatable bonds is 6. The molecule has 1 aromatic carbocycles. The first kappa shape index (κ1) is 13.0. The summed E-state index contributed by atoms with van der Waals surface area (Å²) in [6.07, 6.45) is -0.610. The fourth-order valence-electron chi connectivity index (χ4n) is 1.52. The Kier molecular flexibility index (Phi) is 5.25. The van der Waals surface area contributed by atoms with Gasteiger partial charge >= 0.3 is 0 Å². The van der Waals surface area contributed by atoms with E-state index in [0.717, 1.165) is 11.3 Å². The van der Waals surface area contributed by atoms with Crippen molar-refractivity contribution in [3.8, 4) is 5.75 Å². The van der Waals surface area contributed by atoms with Crippen molar-refractivity contribution >= 4 is 0 Å². The lowest BCUT2D eigenvalue weighted by molar-refractivity contribution is 0.132. The van der Waals surface area contributed by atoms with Gasteiger partial charge < -0.3 is 20.3 Å². The topological polar surface area (TPSA) is 61.7 Å². The summed E-state index contributed by atoms with van der Waals surface area (Å²) in [6, 6.07) is 7.23. The van der Waals surface area contributed by atoms with Gasteiger partial charge in [0.1, 0.15) is 5.75 Å². The Hall–Kier alpha value is -1.10. The van der Waals surface area contributed by atoms with Crippen LogP contribution in [0, 0.1) is 0 Å². The summed E-state index contributed by atoms with van der Waals surface area (Å²) >= 11 is 0. The fourth-order valence-corrected chi connectivity index (χ4v) is 1.52. The van der Waals surface area contributed by atoms with Crippen molar-refractivity contribution < 1.29 is 14.9 Å². The van der Waals surface area contributed by atoms with Gasteiger partial charge in [0.05, 0.1) is 19.8 Å². The molecule has 2 atom stereocenters. The van der Waals surface area contributed by atoms with Crippen LogP contribution in [-0.4, -0.2) is 36.5 Å². The van der Waals surface area contributed by atoms with Crippen LogP contribution in [0.25, 0.3) is 0 Å². The van der Waals surface area contributed by atoms with Crippen LogP contribution in [0.4, 0.5) is 0 Å². The summed E-state index contributed by atoms with van der Waals surface area (Å²) in [7, 11) is 1.60. The zero-order chi connectivity index (χ0) is 12.0. The Morgan fingerprint density at radius 3 is 2.81 bits per heavy atom. The van der Waals surface area contributed by atoms with Crippen LogP contribution in [-0.2, 0) is 0 Å². The quantitative estimate of drug-likeness (QED) is 0.667. The number of aliphatic hydroxyl groups is 2. The first-order valence-corrected chi connectivity index (χ1v) is 5.35. The Morgan fingerprint density at radius 2 is 2.19 bits per heavy atom. The van der Waals surface area contributed by atoms with Crippen LogP contribution in [0.5, 0.6) is 5.75 Å². The first-order valence-electron chi connectivity index (χ1n) is 5.35. The Morgan fingerprint density at radius 1 is 1.44 bits per heavy atom. The van der Waals surface area contributed by atoms with Gasteiger partial charge in [0, 0.05) is 12.6 Å². The SMILES string of the molecule is COc1cccc(C(O)C(C)NCCO)c1. The van der Waals surface area contributed by atoms with Crippen LogP contribution in [0.1, 0.15) is 18.6 Å². The molecule has 0 spiro atoms. The zero-order valence-electron chi connectivity index (χ0n) is 9.68. The number of hydrogen-bond donors (Lipinski definition) is 3. The van der Waals surface area contributed by atoms with Crippen molar-refractivity contribution in [2.24, 2.45) is 0 Å². The average Bonchev–Trinajstić information content (AvgIpc) is 2.35. The largest absolute Gasteiger partial charge is 0.497 e. The number of hydrogen-bond acceptors (Lipinski definition) is 4. The van der Waals surface area contributed by atoms with E-state index >= 15 is 0 Å². The predicted octanol–water partition coefficient (Wildman–Crippen LogP) is 0.699. The van der Waals surface area contributed by atoms with Gasteiger partial charge in [0.15, 0.2) is 0 Å². The van der Waals surface area contributed by atoms with Crippen LogP contribution in [0.2, 0.25) is 0 Å². The molecule has 0 radical (unpaired) electrons. The van der Waals surface area contributed by atoms with Gasteiger partial charge in [0.2, 0.25) is 0 Å². The summed E-state index contributed by atoms with van der Waals surface area (Å²) in [5, 5.41) is 21.7. The molecule has 1 rings (SSSR count).